The van der Waals surface area contributed by atoms with Crippen LogP contribution in [0.2, 0.25) is 0 Å². The summed E-state index contributed by atoms with van der Waals surface area (Å²) in [6, 6.07) is 0.0126. The molecule has 0 aromatic carbocycles. The van der Waals surface area contributed by atoms with E-state index in [2.05, 4.69) is 21.8 Å². The number of rotatable bonds is 9. The highest BCUT2D eigenvalue weighted by Gasteiger charge is 2.21. The van der Waals surface area contributed by atoms with Crippen LogP contribution in [0, 0.1) is 0 Å². The van der Waals surface area contributed by atoms with E-state index in [-0.39, 0.29) is 11.9 Å². The molecule has 1 aliphatic heterocycles. The Kier molecular flexibility index (Phi) is 9.30. The number of carbonyl (C=O) groups is 1. The molecule has 0 aliphatic carbocycles. The zero-order valence-electron chi connectivity index (χ0n) is 12.4. The summed E-state index contributed by atoms with van der Waals surface area (Å²) < 4.78 is 0. The second kappa shape index (κ2) is 10.5. The Morgan fingerprint density at radius 2 is 1.95 bits per heavy atom. The highest BCUT2D eigenvalue weighted by Crippen LogP contribution is 2.04. The van der Waals surface area contributed by atoms with Crippen LogP contribution in [0.25, 0.3) is 0 Å². The van der Waals surface area contributed by atoms with Gasteiger partial charge in [0.25, 0.3) is 0 Å². The second-order valence-corrected chi connectivity index (χ2v) is 6.15. The Hall–Kier alpha value is -0.260. The molecule has 0 spiro atoms. The van der Waals surface area contributed by atoms with Gasteiger partial charge in [-0.05, 0) is 31.8 Å². The molecule has 1 amide bonds. The molecular formula is C14H29N3OS. The Morgan fingerprint density at radius 1 is 1.26 bits per heavy atom. The van der Waals surface area contributed by atoms with Gasteiger partial charge in [0, 0.05) is 32.7 Å². The predicted molar refractivity (Wildman–Crippen MR) is 83.8 cm³/mol. The molecular weight excluding hydrogens is 258 g/mol. The van der Waals surface area contributed by atoms with Crippen molar-refractivity contribution in [3.63, 3.8) is 0 Å². The first-order valence-electron chi connectivity index (χ1n) is 7.47. The third-order valence-corrected chi connectivity index (χ3v) is 4.35. The quantitative estimate of drug-likeness (QED) is 0.628. The zero-order valence-corrected chi connectivity index (χ0v) is 13.2. The van der Waals surface area contributed by atoms with Crippen LogP contribution < -0.4 is 10.6 Å². The molecule has 2 N–H and O–H groups in total. The van der Waals surface area contributed by atoms with Crippen molar-refractivity contribution in [3.8, 4) is 0 Å². The number of nitrogens with zero attached hydrogens (tertiary/aromatic N) is 1. The summed E-state index contributed by atoms with van der Waals surface area (Å²) >= 11 is 1.91. The molecule has 1 fully saturated rings. The number of thioether (sulfide) groups is 1. The normalized spacial score (nSPS) is 18.2. The van der Waals surface area contributed by atoms with Gasteiger partial charge in [-0.2, -0.15) is 11.8 Å². The van der Waals surface area contributed by atoms with Gasteiger partial charge in [-0.1, -0.05) is 12.8 Å². The largest absolute Gasteiger partial charge is 0.355 e. The first kappa shape index (κ1) is 16.8. The van der Waals surface area contributed by atoms with E-state index in [1.807, 2.05) is 18.7 Å². The van der Waals surface area contributed by atoms with Gasteiger partial charge in [-0.15, -0.1) is 0 Å². The van der Waals surface area contributed by atoms with Crippen LogP contribution in [0.15, 0.2) is 0 Å². The summed E-state index contributed by atoms with van der Waals surface area (Å²) in [5, 5.41) is 6.37. The summed E-state index contributed by atoms with van der Waals surface area (Å²) in [4.78, 5) is 14.3. The van der Waals surface area contributed by atoms with E-state index < -0.39 is 0 Å². The molecule has 19 heavy (non-hydrogen) atoms. The monoisotopic (exact) mass is 287 g/mol. The molecule has 1 unspecified atom stereocenters. The molecule has 0 aromatic rings. The van der Waals surface area contributed by atoms with Crippen LogP contribution in [0.5, 0.6) is 0 Å². The van der Waals surface area contributed by atoms with E-state index in [1.54, 1.807) is 0 Å². The minimum Gasteiger partial charge on any atom is -0.355 e. The fourth-order valence-electron chi connectivity index (χ4n) is 2.32. The Balaban J connectivity index is 2.03. The molecule has 1 aliphatic rings. The van der Waals surface area contributed by atoms with Crippen molar-refractivity contribution >= 4 is 17.7 Å². The van der Waals surface area contributed by atoms with Gasteiger partial charge < -0.3 is 10.6 Å². The lowest BCUT2D eigenvalue weighted by Crippen LogP contribution is -2.52. The maximum absolute atomic E-state index is 12.0. The van der Waals surface area contributed by atoms with Gasteiger partial charge in [0.1, 0.15) is 0 Å². The standard InChI is InChI=1S/C14H29N3OS/c1-13(17-10-8-15-9-11-17)14(18)16-7-5-3-4-6-12-19-2/h13,15H,3-12H2,1-2H3,(H,16,18). The van der Waals surface area contributed by atoms with Crippen molar-refractivity contribution in [3.05, 3.63) is 0 Å². The van der Waals surface area contributed by atoms with E-state index in [1.165, 1.54) is 25.0 Å². The van der Waals surface area contributed by atoms with Gasteiger partial charge in [0.05, 0.1) is 6.04 Å². The average molecular weight is 287 g/mol. The number of piperazine rings is 1. The van der Waals surface area contributed by atoms with Gasteiger partial charge in [-0.3, -0.25) is 9.69 Å². The van der Waals surface area contributed by atoms with Crippen molar-refractivity contribution in [1.29, 1.82) is 0 Å². The van der Waals surface area contributed by atoms with Crippen molar-refractivity contribution < 1.29 is 4.79 Å². The summed E-state index contributed by atoms with van der Waals surface area (Å²) in [7, 11) is 0. The highest BCUT2D eigenvalue weighted by atomic mass is 32.2. The summed E-state index contributed by atoms with van der Waals surface area (Å²) in [5.41, 5.74) is 0. The minimum absolute atomic E-state index is 0.0126. The maximum Gasteiger partial charge on any atom is 0.237 e. The van der Waals surface area contributed by atoms with Crippen LogP contribution >= 0.6 is 11.8 Å². The van der Waals surface area contributed by atoms with E-state index in [4.69, 9.17) is 0 Å². The van der Waals surface area contributed by atoms with Gasteiger partial charge >= 0.3 is 0 Å². The predicted octanol–water partition coefficient (Wildman–Crippen LogP) is 1.32. The van der Waals surface area contributed by atoms with Crippen LogP contribution in [0.3, 0.4) is 0 Å². The van der Waals surface area contributed by atoms with Crippen molar-refractivity contribution in [1.82, 2.24) is 15.5 Å². The second-order valence-electron chi connectivity index (χ2n) is 5.16. The van der Waals surface area contributed by atoms with Gasteiger partial charge in [-0.25, -0.2) is 0 Å². The number of hydrogen-bond donors (Lipinski definition) is 2. The fraction of sp³-hybridized carbons (Fsp3) is 0.929. The van der Waals surface area contributed by atoms with Crippen molar-refractivity contribution in [2.24, 2.45) is 0 Å². The summed E-state index contributed by atoms with van der Waals surface area (Å²) in [6.07, 6.45) is 7.06. The minimum atomic E-state index is 0.0126. The Morgan fingerprint density at radius 3 is 2.63 bits per heavy atom. The lowest BCUT2D eigenvalue weighted by Gasteiger charge is -2.31. The number of hydrogen-bond acceptors (Lipinski definition) is 4. The van der Waals surface area contributed by atoms with Crippen LogP contribution in [0.1, 0.15) is 32.6 Å². The highest BCUT2D eigenvalue weighted by molar-refractivity contribution is 7.98. The fourth-order valence-corrected chi connectivity index (χ4v) is 2.81. The zero-order chi connectivity index (χ0) is 13.9. The summed E-state index contributed by atoms with van der Waals surface area (Å²) in [5.74, 6) is 1.44. The summed E-state index contributed by atoms with van der Waals surface area (Å²) in [6.45, 7) is 6.78. The van der Waals surface area contributed by atoms with E-state index in [9.17, 15) is 4.79 Å². The topological polar surface area (TPSA) is 44.4 Å². The van der Waals surface area contributed by atoms with Gasteiger partial charge in [0.2, 0.25) is 5.91 Å². The molecule has 4 nitrogen and oxygen atoms in total. The number of unbranched alkanes of at least 4 members (excludes halogenated alkanes) is 3. The molecule has 0 saturated carbocycles. The molecule has 5 heteroatoms. The van der Waals surface area contributed by atoms with E-state index in [0.29, 0.717) is 0 Å². The van der Waals surface area contributed by atoms with Crippen molar-refractivity contribution in [2.75, 3.05) is 44.7 Å². The first-order valence-corrected chi connectivity index (χ1v) is 8.86. The van der Waals surface area contributed by atoms with Gasteiger partial charge in [0.15, 0.2) is 0 Å². The third kappa shape index (κ3) is 7.18. The molecule has 1 saturated heterocycles. The maximum atomic E-state index is 12.0. The molecule has 112 valence electrons. The Bertz CT molecular complexity index is 245. The number of carbonyl (C=O) groups excluding carboxylic acids is 1. The number of nitrogens with one attached hydrogen (secondary N) is 2. The molecule has 1 heterocycles. The third-order valence-electron chi connectivity index (χ3n) is 3.65. The molecule has 0 radical (unpaired) electrons. The van der Waals surface area contributed by atoms with Crippen molar-refractivity contribution in [2.45, 2.75) is 38.6 Å². The molecule has 1 rings (SSSR count). The molecule has 1 atom stereocenters. The molecule has 0 aromatic heterocycles. The number of amides is 1. The molecule has 0 bridgehead atoms. The average Bonchev–Trinajstić information content (AvgIpc) is 2.46. The lowest BCUT2D eigenvalue weighted by molar-refractivity contribution is -0.126. The van der Waals surface area contributed by atoms with Crippen LogP contribution in [-0.4, -0.2) is 61.6 Å². The Labute approximate surface area is 122 Å². The van der Waals surface area contributed by atoms with E-state index in [0.717, 1.165) is 39.1 Å². The SMILES string of the molecule is CSCCCCCCNC(=O)C(C)N1CCNCC1. The first-order chi connectivity index (χ1) is 9.25. The van der Waals surface area contributed by atoms with E-state index >= 15 is 0 Å². The lowest BCUT2D eigenvalue weighted by atomic mass is 10.2. The van der Waals surface area contributed by atoms with Crippen LogP contribution in [0.4, 0.5) is 0 Å². The smallest absolute Gasteiger partial charge is 0.237 e. The van der Waals surface area contributed by atoms with Crippen LogP contribution in [-0.2, 0) is 4.79 Å².